The predicted octanol–water partition coefficient (Wildman–Crippen LogP) is 3.97. The number of nitrogens with zero attached hydrogens (tertiary/aromatic N) is 1. The summed E-state index contributed by atoms with van der Waals surface area (Å²) in [4.78, 5) is 13.2. The molecule has 0 spiro atoms. The van der Waals surface area contributed by atoms with Crippen molar-refractivity contribution in [3.8, 4) is 11.1 Å². The molecule has 4 rings (SSSR count). The Bertz CT molecular complexity index is 1550. The average Bonchev–Trinajstić information content (AvgIpc) is 2.81. The van der Waals surface area contributed by atoms with E-state index in [1.165, 1.54) is 11.4 Å². The maximum Gasteiger partial charge on any atom is 0.324 e. The van der Waals surface area contributed by atoms with Crippen LogP contribution in [0.4, 0.5) is 0 Å². The van der Waals surface area contributed by atoms with E-state index < -0.39 is 31.9 Å². The lowest BCUT2D eigenvalue weighted by Crippen LogP contribution is -2.49. The van der Waals surface area contributed by atoms with Crippen molar-refractivity contribution in [1.29, 1.82) is 0 Å². The van der Waals surface area contributed by atoms with E-state index in [1.807, 2.05) is 43.3 Å². The normalized spacial score (nSPS) is 16.4. The van der Waals surface area contributed by atoms with Crippen LogP contribution in [-0.2, 0) is 42.4 Å². The van der Waals surface area contributed by atoms with E-state index in [1.54, 1.807) is 32.0 Å². The second-order valence-corrected chi connectivity index (χ2v) is 13.1. The van der Waals surface area contributed by atoms with Gasteiger partial charge in [-0.1, -0.05) is 48.0 Å². The fraction of sp³-hybridized carbons (Fsp3) is 0.296. The van der Waals surface area contributed by atoms with Gasteiger partial charge >= 0.3 is 5.97 Å². The van der Waals surface area contributed by atoms with Crippen molar-refractivity contribution in [1.82, 2.24) is 4.31 Å². The van der Waals surface area contributed by atoms with Gasteiger partial charge in [0.05, 0.1) is 16.9 Å². The summed E-state index contributed by atoms with van der Waals surface area (Å²) in [5.74, 6) is -0.629. The smallest absolute Gasteiger partial charge is 0.324 e. The number of sulfone groups is 1. The highest BCUT2D eigenvalue weighted by atomic mass is 32.2. The quantitative estimate of drug-likeness (QED) is 0.466. The Morgan fingerprint density at radius 2 is 1.53 bits per heavy atom. The van der Waals surface area contributed by atoms with Crippen LogP contribution in [0.3, 0.4) is 0 Å². The van der Waals surface area contributed by atoms with Gasteiger partial charge in [-0.05, 0) is 66.3 Å². The van der Waals surface area contributed by atoms with Gasteiger partial charge < -0.3 is 4.74 Å². The number of sulfonamides is 1. The maximum absolute atomic E-state index is 13.9. The molecule has 1 aliphatic heterocycles. The lowest BCUT2D eigenvalue weighted by atomic mass is 9.92. The zero-order valence-corrected chi connectivity index (χ0v) is 22.5. The van der Waals surface area contributed by atoms with E-state index in [9.17, 15) is 21.6 Å². The first-order chi connectivity index (χ1) is 16.8. The minimum absolute atomic E-state index is 0.0217. The van der Waals surface area contributed by atoms with E-state index in [4.69, 9.17) is 4.74 Å². The number of hydrogen-bond acceptors (Lipinski definition) is 6. The molecule has 7 nitrogen and oxygen atoms in total. The Morgan fingerprint density at radius 3 is 2.14 bits per heavy atom. The van der Waals surface area contributed by atoms with Crippen LogP contribution in [0.2, 0.25) is 0 Å². The van der Waals surface area contributed by atoms with Gasteiger partial charge in [0.15, 0.2) is 9.84 Å². The summed E-state index contributed by atoms with van der Waals surface area (Å²) in [6.45, 7) is 5.45. The highest BCUT2D eigenvalue weighted by Gasteiger charge is 2.41. The predicted molar refractivity (Wildman–Crippen MR) is 138 cm³/mol. The Morgan fingerprint density at radius 1 is 0.889 bits per heavy atom. The molecular formula is C27H29NO6S2. The van der Waals surface area contributed by atoms with Gasteiger partial charge in [-0.25, -0.2) is 16.8 Å². The summed E-state index contributed by atoms with van der Waals surface area (Å²) >= 11 is 0. The molecule has 9 heteroatoms. The maximum atomic E-state index is 13.9. The third kappa shape index (κ3) is 4.83. The van der Waals surface area contributed by atoms with Gasteiger partial charge in [0.1, 0.15) is 6.04 Å². The fourth-order valence-electron chi connectivity index (χ4n) is 4.92. The molecule has 0 saturated heterocycles. The SMILES string of the molecule is COC(=O)C1Cc2cc(-c3cccc(S(C)(=O)=O)c3)ccc2CN1S(=O)(=O)c1c(C)cc(C)cc1C. The van der Waals surface area contributed by atoms with Crippen molar-refractivity contribution in [2.45, 2.75) is 49.6 Å². The molecule has 1 atom stereocenters. The molecule has 0 aliphatic carbocycles. The largest absolute Gasteiger partial charge is 0.468 e. The van der Waals surface area contributed by atoms with E-state index in [0.29, 0.717) is 11.1 Å². The number of carbonyl (C=O) groups is 1. The molecule has 36 heavy (non-hydrogen) atoms. The lowest BCUT2D eigenvalue weighted by Gasteiger charge is -2.35. The van der Waals surface area contributed by atoms with Crippen LogP contribution in [-0.4, -0.2) is 46.5 Å². The highest BCUT2D eigenvalue weighted by molar-refractivity contribution is 7.90. The van der Waals surface area contributed by atoms with Crippen molar-refractivity contribution >= 4 is 25.8 Å². The molecule has 0 N–H and O–H groups in total. The monoisotopic (exact) mass is 527 g/mol. The second-order valence-electron chi connectivity index (χ2n) is 9.30. The summed E-state index contributed by atoms with van der Waals surface area (Å²) in [7, 11) is -6.13. The van der Waals surface area contributed by atoms with Crippen LogP contribution in [0.15, 0.2) is 64.4 Å². The molecule has 1 heterocycles. The first-order valence-corrected chi connectivity index (χ1v) is 14.8. The molecule has 3 aromatic carbocycles. The number of aryl methyl sites for hydroxylation is 3. The minimum atomic E-state index is -4.01. The van der Waals surface area contributed by atoms with Crippen LogP contribution >= 0.6 is 0 Å². The van der Waals surface area contributed by atoms with Crippen molar-refractivity contribution in [2.24, 2.45) is 0 Å². The molecule has 0 saturated carbocycles. The van der Waals surface area contributed by atoms with E-state index in [2.05, 4.69) is 0 Å². The number of rotatable bonds is 5. The molecule has 0 amide bonds. The molecule has 3 aromatic rings. The van der Waals surface area contributed by atoms with E-state index >= 15 is 0 Å². The molecule has 190 valence electrons. The first-order valence-electron chi connectivity index (χ1n) is 11.4. The van der Waals surface area contributed by atoms with Crippen molar-refractivity contribution < 1.29 is 26.4 Å². The number of benzene rings is 3. The summed E-state index contributed by atoms with van der Waals surface area (Å²) in [5.41, 5.74) is 5.32. The number of fused-ring (bicyclic) bond motifs is 1. The number of carbonyl (C=O) groups excluding carboxylic acids is 1. The number of esters is 1. The summed E-state index contributed by atoms with van der Waals surface area (Å²) in [6.07, 6.45) is 1.30. The van der Waals surface area contributed by atoms with Crippen molar-refractivity contribution in [3.05, 3.63) is 82.4 Å². The van der Waals surface area contributed by atoms with Gasteiger partial charge in [-0.2, -0.15) is 4.31 Å². The Hall–Kier alpha value is -3.01. The molecular weight excluding hydrogens is 498 g/mol. The van der Waals surface area contributed by atoms with Gasteiger partial charge in [0.25, 0.3) is 0 Å². The zero-order chi connectivity index (χ0) is 26.4. The van der Waals surface area contributed by atoms with E-state index in [0.717, 1.165) is 34.1 Å². The van der Waals surface area contributed by atoms with Crippen molar-refractivity contribution in [3.63, 3.8) is 0 Å². The zero-order valence-electron chi connectivity index (χ0n) is 20.9. The molecule has 1 unspecified atom stereocenters. The minimum Gasteiger partial charge on any atom is -0.468 e. The topological polar surface area (TPSA) is 97.8 Å². The standard InChI is InChI=1S/C27H29NO6S2/c1-17-11-18(2)26(19(3)12-17)36(32,33)28-16-22-10-9-21(13-23(22)15-25(28)27(29)34-4)20-7-6-8-24(14-20)35(5,30)31/h6-14,25H,15-16H2,1-5H3. The van der Waals surface area contributed by atoms with E-state index in [-0.39, 0.29) is 22.8 Å². The van der Waals surface area contributed by atoms with Crippen LogP contribution in [0.25, 0.3) is 11.1 Å². The Balaban J connectivity index is 1.79. The first kappa shape index (κ1) is 26.1. The number of methoxy groups -OCH3 is 1. The molecule has 0 fully saturated rings. The number of hydrogen-bond donors (Lipinski definition) is 0. The van der Waals surface area contributed by atoms with Gasteiger partial charge in [-0.15, -0.1) is 0 Å². The summed E-state index contributed by atoms with van der Waals surface area (Å²) < 4.78 is 58.0. The van der Waals surface area contributed by atoms with Gasteiger partial charge in [-0.3, -0.25) is 4.79 Å². The second kappa shape index (κ2) is 9.46. The van der Waals surface area contributed by atoms with Crippen molar-refractivity contribution in [2.75, 3.05) is 13.4 Å². The molecule has 1 aliphatic rings. The molecule has 0 radical (unpaired) electrons. The highest BCUT2D eigenvalue weighted by Crippen LogP contribution is 2.35. The lowest BCUT2D eigenvalue weighted by molar-refractivity contribution is -0.145. The molecule has 0 aromatic heterocycles. The third-order valence-corrected chi connectivity index (χ3v) is 9.80. The summed E-state index contributed by atoms with van der Waals surface area (Å²) in [6, 6.07) is 14.8. The fourth-order valence-corrected chi connectivity index (χ4v) is 7.56. The van der Waals surface area contributed by atoms with Crippen LogP contribution < -0.4 is 0 Å². The van der Waals surface area contributed by atoms with Crippen LogP contribution in [0.1, 0.15) is 27.8 Å². The summed E-state index contributed by atoms with van der Waals surface area (Å²) in [5, 5.41) is 0. The van der Waals surface area contributed by atoms with Gasteiger partial charge in [0, 0.05) is 19.2 Å². The van der Waals surface area contributed by atoms with Crippen LogP contribution in [0.5, 0.6) is 0 Å². The average molecular weight is 528 g/mol. The number of ether oxygens (including phenoxy) is 1. The molecule has 0 bridgehead atoms. The Labute approximate surface area is 212 Å². The van der Waals surface area contributed by atoms with Crippen LogP contribution in [0, 0.1) is 20.8 Å². The third-order valence-electron chi connectivity index (χ3n) is 6.53. The van der Waals surface area contributed by atoms with Gasteiger partial charge in [0.2, 0.25) is 10.0 Å². The Kier molecular flexibility index (Phi) is 6.85.